The van der Waals surface area contributed by atoms with Crippen LogP contribution in [0.2, 0.25) is 0 Å². The van der Waals surface area contributed by atoms with E-state index in [1.807, 2.05) is 6.07 Å². The van der Waals surface area contributed by atoms with Crippen LogP contribution in [0, 0.1) is 6.92 Å². The molecule has 1 fully saturated rings. The van der Waals surface area contributed by atoms with Gasteiger partial charge in [-0.15, -0.1) is 0 Å². The number of carbonyl (C=O) groups is 3. The van der Waals surface area contributed by atoms with Crippen LogP contribution in [-0.2, 0) is 21.6 Å². The lowest BCUT2D eigenvalue weighted by molar-refractivity contribution is -0.906. The third kappa shape index (κ3) is 4.00. The Kier molecular flexibility index (Phi) is 7.19. The van der Waals surface area contributed by atoms with Gasteiger partial charge in [0.1, 0.15) is 12.3 Å². The summed E-state index contributed by atoms with van der Waals surface area (Å²) >= 11 is 0. The van der Waals surface area contributed by atoms with Crippen molar-refractivity contribution < 1.29 is 38.6 Å². The van der Waals surface area contributed by atoms with Crippen molar-refractivity contribution >= 4 is 17.8 Å². The number of carboxylic acid groups (broad SMARTS) is 2. The maximum absolute atomic E-state index is 13.1. The number of rotatable bonds is 9. The van der Waals surface area contributed by atoms with E-state index in [-0.39, 0.29) is 49.6 Å². The number of ketones is 1. The number of Topliss-reactive ketones (excluding diaryl/α,β-unsaturated/α-hetero) is 1. The number of benzene rings is 2. The van der Waals surface area contributed by atoms with Crippen molar-refractivity contribution in [2.45, 2.75) is 45.2 Å². The maximum atomic E-state index is 13.1. The third-order valence-corrected chi connectivity index (χ3v) is 6.61. The predicted molar refractivity (Wildman–Crippen MR) is 120 cm³/mol. The van der Waals surface area contributed by atoms with Crippen LogP contribution in [0.1, 0.15) is 53.2 Å². The first kappa shape index (κ1) is 24.4. The van der Waals surface area contributed by atoms with Crippen molar-refractivity contribution in [3.8, 4) is 5.75 Å². The summed E-state index contributed by atoms with van der Waals surface area (Å²) in [5.41, 5.74) is -0.280. The highest BCUT2D eigenvalue weighted by atomic mass is 16.7. The average Bonchev–Trinajstić information content (AvgIpc) is 3.19. The minimum absolute atomic E-state index is 0.0230. The van der Waals surface area contributed by atoms with Crippen LogP contribution in [0.3, 0.4) is 0 Å². The number of carboxylic acids is 1. The number of carbonyl (C=O) groups excluding carboxylic acids is 1. The Morgan fingerprint density at radius 2 is 1.79 bits per heavy atom. The highest BCUT2D eigenvalue weighted by Gasteiger charge is 2.67. The summed E-state index contributed by atoms with van der Waals surface area (Å²) in [6, 6.07) is 12.1. The molecule has 1 amide bonds. The lowest BCUT2D eigenvalue weighted by Crippen LogP contribution is -2.65. The molecule has 0 aromatic heterocycles. The van der Waals surface area contributed by atoms with Gasteiger partial charge in [0.15, 0.2) is 12.6 Å². The van der Waals surface area contributed by atoms with Crippen LogP contribution in [0.15, 0.2) is 42.5 Å². The molecule has 0 spiro atoms. The van der Waals surface area contributed by atoms with Crippen molar-refractivity contribution in [3.63, 3.8) is 0 Å². The second-order valence-corrected chi connectivity index (χ2v) is 8.33. The van der Waals surface area contributed by atoms with E-state index in [0.29, 0.717) is 23.3 Å². The molecule has 0 aliphatic carbocycles. The lowest BCUT2D eigenvalue weighted by atomic mass is 9.78. The molecule has 1 heterocycles. The predicted octanol–water partition coefficient (Wildman–Crippen LogP) is 4.34. The Morgan fingerprint density at radius 3 is 2.36 bits per heavy atom. The fourth-order valence-electron chi connectivity index (χ4n) is 5.11. The van der Waals surface area contributed by atoms with E-state index < -0.39 is 22.1 Å². The van der Waals surface area contributed by atoms with E-state index in [1.165, 1.54) is 7.11 Å². The molecular formula is C25H30NO7+. The first-order valence-corrected chi connectivity index (χ1v) is 10.9. The fourth-order valence-corrected chi connectivity index (χ4v) is 5.11. The van der Waals surface area contributed by atoms with E-state index in [1.54, 1.807) is 50.2 Å². The number of methoxy groups -OCH3 is 1. The van der Waals surface area contributed by atoms with E-state index in [4.69, 9.17) is 9.47 Å². The molecule has 2 aromatic carbocycles. The van der Waals surface area contributed by atoms with E-state index in [2.05, 4.69) is 0 Å². The molecule has 8 heteroatoms. The van der Waals surface area contributed by atoms with Gasteiger partial charge in [0, 0.05) is 48.6 Å². The molecule has 2 aromatic rings. The number of hydrogen-bond acceptors (Lipinski definition) is 5. The zero-order valence-corrected chi connectivity index (χ0v) is 19.2. The van der Waals surface area contributed by atoms with Crippen molar-refractivity contribution in [2.75, 3.05) is 20.4 Å². The Labute approximate surface area is 192 Å². The van der Waals surface area contributed by atoms with Crippen LogP contribution in [-0.4, -0.2) is 53.0 Å². The summed E-state index contributed by atoms with van der Waals surface area (Å²) in [6.07, 6.45) is -0.615. The topological polar surface area (TPSA) is 110 Å². The largest absolute Gasteiger partial charge is 0.515 e. The molecule has 8 nitrogen and oxygen atoms in total. The van der Waals surface area contributed by atoms with Gasteiger partial charge in [-0.2, -0.15) is 4.79 Å². The smallest absolute Gasteiger partial charge is 0.476 e. The second-order valence-electron chi connectivity index (χ2n) is 8.33. The van der Waals surface area contributed by atoms with Gasteiger partial charge in [0.2, 0.25) is 5.54 Å². The van der Waals surface area contributed by atoms with Crippen LogP contribution < -0.4 is 4.74 Å². The number of ether oxygens (including phenoxy) is 2. The van der Waals surface area contributed by atoms with Crippen molar-refractivity contribution in [1.82, 2.24) is 0 Å². The van der Waals surface area contributed by atoms with Crippen LogP contribution >= 0.6 is 0 Å². The number of hydrogen-bond donors (Lipinski definition) is 2. The molecule has 0 bridgehead atoms. The highest BCUT2D eigenvalue weighted by molar-refractivity contribution is 6.00. The molecule has 1 aliphatic heterocycles. The fraction of sp³-hybridized carbons (Fsp3) is 0.400. The average molecular weight is 457 g/mol. The van der Waals surface area contributed by atoms with Gasteiger partial charge in [-0.3, -0.25) is 4.79 Å². The zero-order chi connectivity index (χ0) is 24.2. The summed E-state index contributed by atoms with van der Waals surface area (Å²) in [5.74, 6) is -1.16. The van der Waals surface area contributed by atoms with Crippen molar-refractivity contribution in [3.05, 3.63) is 64.7 Å². The number of nitrogens with zero attached hydrogens (tertiary/aromatic N) is 1. The minimum Gasteiger partial charge on any atom is -0.476 e. The summed E-state index contributed by atoms with van der Waals surface area (Å²) in [6.45, 7) is 3.41. The van der Waals surface area contributed by atoms with Gasteiger partial charge in [0.25, 0.3) is 0 Å². The number of aliphatic carboxylic acids is 1. The standard InChI is InChI=1S/C25H29NO7/c1-4-20(27)19-11-12-21(33-16-32-3)17(2)22(19)25(23(28)29)13-8-14-26(25,24(30)31)15-18-9-6-5-7-10-18/h5-7,9-12H,4,8,13-16H2,1-3H3,(H-,28,29,30,31)/p+1/t25-,26?/m1/s1. The van der Waals surface area contributed by atoms with Crippen molar-refractivity contribution in [1.29, 1.82) is 0 Å². The van der Waals surface area contributed by atoms with Crippen molar-refractivity contribution in [2.24, 2.45) is 0 Å². The molecular weight excluding hydrogens is 426 g/mol. The number of likely N-dealkylation sites (tertiary alicyclic amines) is 1. The van der Waals surface area contributed by atoms with Gasteiger partial charge in [-0.05, 0) is 19.1 Å². The Bertz CT molecular complexity index is 1050. The Balaban J connectivity index is 2.36. The molecule has 1 unspecified atom stereocenters. The molecule has 3 rings (SSSR count). The molecule has 1 aliphatic rings. The molecule has 33 heavy (non-hydrogen) atoms. The normalized spacial score (nSPS) is 22.2. The summed E-state index contributed by atoms with van der Waals surface area (Å²) in [7, 11) is 1.47. The third-order valence-electron chi connectivity index (χ3n) is 6.61. The minimum atomic E-state index is -1.86. The van der Waals surface area contributed by atoms with Gasteiger partial charge < -0.3 is 19.7 Å². The summed E-state index contributed by atoms with van der Waals surface area (Å²) < 4.78 is 9.91. The maximum Gasteiger partial charge on any atom is 0.515 e. The van der Waals surface area contributed by atoms with E-state index >= 15 is 0 Å². The van der Waals surface area contributed by atoms with E-state index in [9.17, 15) is 24.6 Å². The first-order valence-electron chi connectivity index (χ1n) is 10.9. The molecule has 176 valence electrons. The van der Waals surface area contributed by atoms with Crippen LogP contribution in [0.4, 0.5) is 4.79 Å². The second kappa shape index (κ2) is 9.72. The molecule has 1 saturated heterocycles. The monoisotopic (exact) mass is 456 g/mol. The first-order chi connectivity index (χ1) is 15.7. The Morgan fingerprint density at radius 1 is 1.09 bits per heavy atom. The summed E-state index contributed by atoms with van der Waals surface area (Å²) in [4.78, 5) is 39.0. The van der Waals surface area contributed by atoms with E-state index in [0.717, 1.165) is 0 Å². The zero-order valence-electron chi connectivity index (χ0n) is 19.2. The SMILES string of the molecule is CCC(=O)c1ccc(OCOC)c(C)c1[C@@]1(C(=O)O)CCC[N+]1(Cc1ccccc1)C(=O)O. The number of amides is 1. The molecule has 2 atom stereocenters. The van der Waals surface area contributed by atoms with Gasteiger partial charge in [0.05, 0.1) is 6.54 Å². The lowest BCUT2D eigenvalue weighted by Gasteiger charge is -2.43. The molecule has 0 radical (unpaired) electrons. The van der Waals surface area contributed by atoms with Gasteiger partial charge >= 0.3 is 12.1 Å². The number of quaternary nitrogens is 1. The molecule has 2 N–H and O–H groups in total. The van der Waals surface area contributed by atoms with Crippen LogP contribution in [0.5, 0.6) is 5.75 Å². The van der Waals surface area contributed by atoms with Gasteiger partial charge in [-0.25, -0.2) is 9.28 Å². The van der Waals surface area contributed by atoms with Crippen LogP contribution in [0.25, 0.3) is 0 Å². The summed E-state index contributed by atoms with van der Waals surface area (Å²) in [5, 5.41) is 21.2. The molecule has 0 saturated carbocycles. The Hall–Kier alpha value is -3.23. The van der Waals surface area contributed by atoms with Gasteiger partial charge in [-0.1, -0.05) is 37.3 Å². The quantitative estimate of drug-likeness (QED) is 0.328. The highest BCUT2D eigenvalue weighted by Crippen LogP contribution is 2.51.